The second-order valence-electron chi connectivity index (χ2n) is 6.42. The minimum Gasteiger partial charge on any atom is -0.493 e. The highest BCUT2D eigenvalue weighted by molar-refractivity contribution is 7.92. The number of methoxy groups -OCH3 is 2. The molecular formula is C19H21ClN2O6S. The van der Waals surface area contributed by atoms with E-state index in [2.05, 4.69) is 5.32 Å². The zero-order chi connectivity index (χ0) is 21.2. The summed E-state index contributed by atoms with van der Waals surface area (Å²) in [6.07, 6.45) is 0.0697. The van der Waals surface area contributed by atoms with Crippen LogP contribution in [-0.2, 0) is 21.4 Å². The fourth-order valence-corrected chi connectivity index (χ4v) is 4.04. The number of hydrogen-bond acceptors (Lipinski definition) is 6. The summed E-state index contributed by atoms with van der Waals surface area (Å²) < 4.78 is 41.7. The van der Waals surface area contributed by atoms with Gasteiger partial charge in [0.1, 0.15) is 5.75 Å². The molecule has 8 nitrogen and oxygen atoms in total. The maximum atomic E-state index is 12.7. The molecule has 1 aliphatic rings. The Balaban J connectivity index is 1.75. The largest absolute Gasteiger partial charge is 0.493 e. The van der Waals surface area contributed by atoms with Crippen molar-refractivity contribution < 1.29 is 27.4 Å². The number of nitrogens with one attached hydrogen (secondary N) is 1. The van der Waals surface area contributed by atoms with Gasteiger partial charge in [0.15, 0.2) is 17.6 Å². The first-order valence-corrected chi connectivity index (χ1v) is 10.9. The van der Waals surface area contributed by atoms with Crippen molar-refractivity contribution >= 4 is 33.2 Å². The van der Waals surface area contributed by atoms with Crippen molar-refractivity contribution in [2.45, 2.75) is 12.6 Å². The summed E-state index contributed by atoms with van der Waals surface area (Å²) in [6.45, 7) is 0.0648. The zero-order valence-electron chi connectivity index (χ0n) is 16.1. The van der Waals surface area contributed by atoms with Crippen LogP contribution >= 0.6 is 11.6 Å². The number of hydrogen-bond donors (Lipinski definition) is 1. The lowest BCUT2D eigenvalue weighted by molar-refractivity contribution is -0.127. The van der Waals surface area contributed by atoms with Gasteiger partial charge in [-0.1, -0.05) is 17.7 Å². The molecule has 156 valence electrons. The van der Waals surface area contributed by atoms with Crippen molar-refractivity contribution in [3.63, 3.8) is 0 Å². The molecule has 10 heteroatoms. The van der Waals surface area contributed by atoms with E-state index in [4.69, 9.17) is 25.8 Å². The summed E-state index contributed by atoms with van der Waals surface area (Å²) in [4.78, 5) is 12.7. The van der Waals surface area contributed by atoms with E-state index in [1.807, 2.05) is 0 Å². The Morgan fingerprint density at radius 3 is 2.59 bits per heavy atom. The van der Waals surface area contributed by atoms with Gasteiger partial charge in [-0.2, -0.15) is 0 Å². The molecule has 0 aromatic heterocycles. The van der Waals surface area contributed by atoms with Gasteiger partial charge in [-0.25, -0.2) is 8.42 Å². The highest BCUT2D eigenvalue weighted by atomic mass is 35.5. The van der Waals surface area contributed by atoms with Crippen LogP contribution in [0.2, 0.25) is 5.02 Å². The van der Waals surface area contributed by atoms with Crippen LogP contribution in [0.3, 0.4) is 0 Å². The van der Waals surface area contributed by atoms with E-state index in [-0.39, 0.29) is 18.8 Å². The lowest BCUT2D eigenvalue weighted by Crippen LogP contribution is -2.50. The van der Waals surface area contributed by atoms with Crippen LogP contribution in [0.15, 0.2) is 36.4 Å². The van der Waals surface area contributed by atoms with Gasteiger partial charge in [-0.15, -0.1) is 0 Å². The number of carbonyl (C=O) groups is 1. The van der Waals surface area contributed by atoms with Gasteiger partial charge in [0.2, 0.25) is 10.0 Å². The molecule has 3 rings (SSSR count). The molecular weight excluding hydrogens is 420 g/mol. The van der Waals surface area contributed by atoms with E-state index < -0.39 is 22.0 Å². The molecule has 29 heavy (non-hydrogen) atoms. The SMILES string of the molecule is COc1ccc(CNC(=O)[C@@H]2CN(S(C)(=O)=O)c3cc(Cl)ccc3O2)cc1OC. The second-order valence-corrected chi connectivity index (χ2v) is 8.76. The number of ether oxygens (including phenoxy) is 3. The van der Waals surface area contributed by atoms with Crippen molar-refractivity contribution in [1.82, 2.24) is 5.32 Å². The summed E-state index contributed by atoms with van der Waals surface area (Å²) in [7, 11) is -0.555. The van der Waals surface area contributed by atoms with Crippen LogP contribution in [0.4, 0.5) is 5.69 Å². The number of benzene rings is 2. The predicted octanol–water partition coefficient (Wildman–Crippen LogP) is 2.20. The molecule has 0 fully saturated rings. The Kier molecular flexibility index (Phi) is 6.09. The van der Waals surface area contributed by atoms with Crippen molar-refractivity contribution in [3.8, 4) is 17.2 Å². The molecule has 0 aliphatic carbocycles. The molecule has 0 unspecified atom stereocenters. The second kappa shape index (κ2) is 8.38. The molecule has 1 aliphatic heterocycles. The molecule has 2 aromatic carbocycles. The van der Waals surface area contributed by atoms with Gasteiger partial charge >= 0.3 is 0 Å². The molecule has 0 saturated carbocycles. The van der Waals surface area contributed by atoms with Crippen molar-refractivity contribution in [2.24, 2.45) is 0 Å². The fourth-order valence-electron chi connectivity index (χ4n) is 2.97. The first-order chi connectivity index (χ1) is 13.7. The van der Waals surface area contributed by atoms with E-state index in [1.165, 1.54) is 20.3 Å². The topological polar surface area (TPSA) is 94.2 Å². The average Bonchev–Trinajstić information content (AvgIpc) is 2.70. The van der Waals surface area contributed by atoms with Crippen LogP contribution < -0.4 is 23.8 Å². The number of fused-ring (bicyclic) bond motifs is 1. The summed E-state index contributed by atoms with van der Waals surface area (Å²) in [5.41, 5.74) is 1.10. The van der Waals surface area contributed by atoms with Gasteiger partial charge in [-0.3, -0.25) is 9.10 Å². The molecule has 1 heterocycles. The third-order valence-corrected chi connectivity index (χ3v) is 5.78. The van der Waals surface area contributed by atoms with E-state index >= 15 is 0 Å². The Bertz CT molecular complexity index is 1030. The Hall–Kier alpha value is -2.65. The summed E-state index contributed by atoms with van der Waals surface area (Å²) >= 11 is 5.98. The first kappa shape index (κ1) is 21.1. The van der Waals surface area contributed by atoms with Crippen molar-refractivity contribution in [2.75, 3.05) is 31.3 Å². The number of carbonyl (C=O) groups excluding carboxylic acids is 1. The standard InChI is InChI=1S/C19H21ClN2O6S/c1-26-16-6-4-12(8-17(16)27-2)10-21-19(23)18-11-22(29(3,24)25)14-9-13(20)5-7-15(14)28-18/h4-9,18H,10-11H2,1-3H3,(H,21,23)/t18-/m0/s1. The van der Waals surface area contributed by atoms with Gasteiger partial charge in [-0.05, 0) is 35.9 Å². The number of sulfonamides is 1. The van der Waals surface area contributed by atoms with Gasteiger partial charge < -0.3 is 19.5 Å². The fraction of sp³-hybridized carbons (Fsp3) is 0.316. The molecule has 1 amide bonds. The molecule has 0 radical (unpaired) electrons. The molecule has 2 aromatic rings. The summed E-state index contributed by atoms with van der Waals surface area (Å²) in [5, 5.41) is 3.14. The number of rotatable bonds is 6. The number of halogens is 1. The molecule has 0 spiro atoms. The maximum Gasteiger partial charge on any atom is 0.263 e. The van der Waals surface area contributed by atoms with Crippen molar-refractivity contribution in [1.29, 1.82) is 0 Å². The van der Waals surface area contributed by atoms with E-state index in [9.17, 15) is 13.2 Å². The van der Waals surface area contributed by atoms with Crippen LogP contribution in [-0.4, -0.2) is 47.4 Å². The minimum absolute atomic E-state index is 0.149. The molecule has 1 atom stereocenters. The van der Waals surface area contributed by atoms with Gasteiger partial charge in [0.25, 0.3) is 5.91 Å². The van der Waals surface area contributed by atoms with Crippen LogP contribution in [0.5, 0.6) is 17.2 Å². The molecule has 1 N–H and O–H groups in total. The average molecular weight is 441 g/mol. The van der Waals surface area contributed by atoms with Crippen LogP contribution in [0, 0.1) is 0 Å². The van der Waals surface area contributed by atoms with Gasteiger partial charge in [0.05, 0.1) is 32.7 Å². The lowest BCUT2D eigenvalue weighted by atomic mass is 10.2. The Labute approximate surface area is 174 Å². The zero-order valence-corrected chi connectivity index (χ0v) is 17.7. The number of amides is 1. The van der Waals surface area contributed by atoms with E-state index in [1.54, 1.807) is 30.3 Å². The monoisotopic (exact) mass is 440 g/mol. The van der Waals surface area contributed by atoms with E-state index in [0.717, 1.165) is 16.1 Å². The van der Waals surface area contributed by atoms with Crippen LogP contribution in [0.25, 0.3) is 0 Å². The molecule has 0 bridgehead atoms. The Morgan fingerprint density at radius 2 is 1.93 bits per heavy atom. The summed E-state index contributed by atoms with van der Waals surface area (Å²) in [5.74, 6) is 0.964. The highest BCUT2D eigenvalue weighted by Gasteiger charge is 2.35. The van der Waals surface area contributed by atoms with E-state index in [0.29, 0.717) is 22.2 Å². The summed E-state index contributed by atoms with van der Waals surface area (Å²) in [6, 6.07) is 9.90. The molecule has 0 saturated heterocycles. The smallest absolute Gasteiger partial charge is 0.263 e. The number of anilines is 1. The normalized spacial score (nSPS) is 15.9. The quantitative estimate of drug-likeness (QED) is 0.740. The third kappa shape index (κ3) is 4.68. The number of nitrogens with zero attached hydrogens (tertiary/aromatic N) is 1. The first-order valence-electron chi connectivity index (χ1n) is 8.65. The lowest BCUT2D eigenvalue weighted by Gasteiger charge is -2.34. The third-order valence-electron chi connectivity index (χ3n) is 4.40. The minimum atomic E-state index is -3.62. The van der Waals surface area contributed by atoms with Crippen LogP contribution in [0.1, 0.15) is 5.56 Å². The van der Waals surface area contributed by atoms with Crippen molar-refractivity contribution in [3.05, 3.63) is 47.0 Å². The Morgan fingerprint density at radius 1 is 1.21 bits per heavy atom. The maximum absolute atomic E-state index is 12.7. The highest BCUT2D eigenvalue weighted by Crippen LogP contribution is 2.37. The predicted molar refractivity (Wildman–Crippen MR) is 109 cm³/mol. The van der Waals surface area contributed by atoms with Gasteiger partial charge in [0, 0.05) is 11.6 Å².